The van der Waals surface area contributed by atoms with Crippen molar-refractivity contribution < 1.29 is 14.3 Å². The quantitative estimate of drug-likeness (QED) is 0.318. The summed E-state index contributed by atoms with van der Waals surface area (Å²) < 4.78 is 6.59. The number of ether oxygens (including phenoxy) is 1. The second-order valence-corrected chi connectivity index (χ2v) is 8.33. The zero-order valence-electron chi connectivity index (χ0n) is 18.1. The lowest BCUT2D eigenvalue weighted by Gasteiger charge is -2.13. The van der Waals surface area contributed by atoms with Crippen molar-refractivity contribution in [2.75, 3.05) is 17.2 Å². The molecule has 0 unspecified atom stereocenters. The second-order valence-electron chi connectivity index (χ2n) is 7.41. The Balaban J connectivity index is 1.62. The molecule has 6 heteroatoms. The summed E-state index contributed by atoms with van der Waals surface area (Å²) in [5.41, 5.74) is 2.80. The summed E-state index contributed by atoms with van der Waals surface area (Å²) in [7, 11) is 0. The summed E-state index contributed by atoms with van der Waals surface area (Å²) in [5.74, 6) is 0.200. The third-order valence-electron chi connectivity index (χ3n) is 4.83. The van der Waals surface area contributed by atoms with E-state index in [9.17, 15) is 9.59 Å². The number of carbonyl (C=O) groups is 2. The number of benzene rings is 3. The number of anilines is 2. The lowest BCUT2D eigenvalue weighted by atomic mass is 10.1. The van der Waals surface area contributed by atoms with Crippen LogP contribution in [0.25, 0.3) is 0 Å². The van der Waals surface area contributed by atoms with Crippen LogP contribution < -0.4 is 15.4 Å². The van der Waals surface area contributed by atoms with Crippen LogP contribution in [-0.2, 0) is 11.2 Å². The van der Waals surface area contributed by atoms with Crippen molar-refractivity contribution in [2.45, 2.75) is 32.6 Å². The van der Waals surface area contributed by atoms with Crippen LogP contribution in [0.1, 0.15) is 42.1 Å². The van der Waals surface area contributed by atoms with Crippen LogP contribution in [0, 0.1) is 0 Å². The molecule has 0 heterocycles. The van der Waals surface area contributed by atoms with Gasteiger partial charge >= 0.3 is 0 Å². The van der Waals surface area contributed by atoms with Crippen LogP contribution in [-0.4, -0.2) is 18.4 Å². The molecule has 32 heavy (non-hydrogen) atoms. The van der Waals surface area contributed by atoms with E-state index in [1.807, 2.05) is 36.4 Å². The number of halogens is 1. The van der Waals surface area contributed by atoms with E-state index in [4.69, 9.17) is 4.74 Å². The Hall–Kier alpha value is -3.12. The van der Waals surface area contributed by atoms with E-state index in [1.165, 1.54) is 0 Å². The van der Waals surface area contributed by atoms with Crippen LogP contribution in [0.5, 0.6) is 5.75 Å². The van der Waals surface area contributed by atoms with Crippen LogP contribution in [0.4, 0.5) is 11.4 Å². The number of carbonyl (C=O) groups excluding carboxylic acids is 2. The number of rotatable bonds is 10. The molecule has 2 N–H and O–H groups in total. The second kappa shape index (κ2) is 12.1. The molecule has 0 spiro atoms. The average Bonchev–Trinajstić information content (AvgIpc) is 2.79. The lowest BCUT2D eigenvalue weighted by Crippen LogP contribution is -2.15. The molecule has 0 fully saturated rings. The first-order valence-electron chi connectivity index (χ1n) is 10.7. The smallest absolute Gasteiger partial charge is 0.259 e. The van der Waals surface area contributed by atoms with Gasteiger partial charge in [-0.3, -0.25) is 9.59 Å². The fourth-order valence-corrected chi connectivity index (χ4v) is 3.49. The van der Waals surface area contributed by atoms with Crippen molar-refractivity contribution in [3.63, 3.8) is 0 Å². The van der Waals surface area contributed by atoms with Crippen LogP contribution in [0.3, 0.4) is 0 Å². The Morgan fingerprint density at radius 3 is 2.41 bits per heavy atom. The summed E-state index contributed by atoms with van der Waals surface area (Å²) in [5, 5.41) is 5.79. The molecule has 0 aromatic heterocycles. The van der Waals surface area contributed by atoms with E-state index in [2.05, 4.69) is 33.5 Å². The number of aryl methyl sites for hydroxylation is 1. The van der Waals surface area contributed by atoms with Gasteiger partial charge < -0.3 is 15.4 Å². The third kappa shape index (κ3) is 7.24. The van der Waals surface area contributed by atoms with Crippen molar-refractivity contribution in [1.82, 2.24) is 0 Å². The molecule has 0 atom stereocenters. The summed E-state index contributed by atoms with van der Waals surface area (Å²) in [6.07, 6.45) is 2.99. The van der Waals surface area contributed by atoms with Crippen molar-refractivity contribution in [3.05, 3.63) is 88.4 Å². The zero-order valence-corrected chi connectivity index (χ0v) is 19.7. The Bertz CT molecular complexity index is 1050. The maximum absolute atomic E-state index is 12.9. The molecule has 0 radical (unpaired) electrons. The number of hydrogen-bond donors (Lipinski definition) is 2. The minimum Gasteiger partial charge on any atom is -0.493 e. The Kier molecular flexibility index (Phi) is 8.87. The van der Waals surface area contributed by atoms with E-state index < -0.39 is 0 Å². The molecular weight excluding hydrogens is 468 g/mol. The predicted molar refractivity (Wildman–Crippen MR) is 132 cm³/mol. The van der Waals surface area contributed by atoms with Gasteiger partial charge in [-0.05, 0) is 54.8 Å². The molecule has 3 aromatic carbocycles. The van der Waals surface area contributed by atoms with Crippen molar-refractivity contribution in [1.29, 1.82) is 0 Å². The summed E-state index contributed by atoms with van der Waals surface area (Å²) >= 11 is 3.42. The SMILES string of the molecule is CCCCOc1ccc(Br)cc1C(=O)Nc1cccc(NC(=O)CCc2ccccc2)c1. The van der Waals surface area contributed by atoms with Gasteiger partial charge in [0.1, 0.15) is 5.75 Å². The van der Waals surface area contributed by atoms with Gasteiger partial charge in [-0.25, -0.2) is 0 Å². The molecule has 0 aliphatic carbocycles. The largest absolute Gasteiger partial charge is 0.493 e. The Labute approximate surface area is 197 Å². The standard InChI is InChI=1S/C26H27BrN2O3/c1-2-3-16-32-24-14-13-20(27)17-23(24)26(31)29-22-11-7-10-21(18-22)28-25(30)15-12-19-8-5-4-6-9-19/h4-11,13-14,17-18H,2-3,12,15-16H2,1H3,(H,28,30)(H,29,31). The summed E-state index contributed by atoms with van der Waals surface area (Å²) in [4.78, 5) is 25.2. The van der Waals surface area contributed by atoms with E-state index in [-0.39, 0.29) is 11.8 Å². The molecule has 5 nitrogen and oxygen atoms in total. The van der Waals surface area contributed by atoms with Gasteiger partial charge in [0.25, 0.3) is 5.91 Å². The highest BCUT2D eigenvalue weighted by molar-refractivity contribution is 9.10. The minimum atomic E-state index is -0.273. The monoisotopic (exact) mass is 494 g/mol. The van der Waals surface area contributed by atoms with Crippen molar-refractivity contribution in [3.8, 4) is 5.75 Å². The van der Waals surface area contributed by atoms with Gasteiger partial charge in [0.15, 0.2) is 0 Å². The van der Waals surface area contributed by atoms with Gasteiger partial charge in [0, 0.05) is 22.3 Å². The summed E-state index contributed by atoms with van der Waals surface area (Å²) in [6, 6.07) is 22.4. The highest BCUT2D eigenvalue weighted by Crippen LogP contribution is 2.25. The third-order valence-corrected chi connectivity index (χ3v) is 5.32. The fourth-order valence-electron chi connectivity index (χ4n) is 3.13. The van der Waals surface area contributed by atoms with E-state index in [0.717, 1.165) is 22.9 Å². The maximum Gasteiger partial charge on any atom is 0.259 e. The van der Waals surface area contributed by atoms with Crippen LogP contribution in [0.15, 0.2) is 77.3 Å². The topological polar surface area (TPSA) is 67.4 Å². The normalized spacial score (nSPS) is 10.4. The molecule has 3 aromatic rings. The molecule has 0 aliphatic heterocycles. The molecule has 0 saturated heterocycles. The molecule has 0 aliphatic rings. The molecule has 0 bridgehead atoms. The number of hydrogen-bond acceptors (Lipinski definition) is 3. The highest BCUT2D eigenvalue weighted by Gasteiger charge is 2.14. The fraction of sp³-hybridized carbons (Fsp3) is 0.231. The highest BCUT2D eigenvalue weighted by atomic mass is 79.9. The molecular formula is C26H27BrN2O3. The van der Waals surface area contributed by atoms with Gasteiger partial charge in [-0.1, -0.05) is 65.7 Å². The Morgan fingerprint density at radius 2 is 1.66 bits per heavy atom. The first-order chi connectivity index (χ1) is 15.5. The van der Waals surface area contributed by atoms with Gasteiger partial charge in [0.2, 0.25) is 5.91 Å². The zero-order chi connectivity index (χ0) is 22.8. The first-order valence-corrected chi connectivity index (χ1v) is 11.5. The summed E-state index contributed by atoms with van der Waals surface area (Å²) in [6.45, 7) is 2.65. The molecule has 2 amide bonds. The maximum atomic E-state index is 12.9. The number of nitrogens with one attached hydrogen (secondary N) is 2. The minimum absolute atomic E-state index is 0.0732. The number of amides is 2. The Morgan fingerprint density at radius 1 is 0.906 bits per heavy atom. The van der Waals surface area contributed by atoms with Crippen LogP contribution >= 0.6 is 15.9 Å². The predicted octanol–water partition coefficient (Wildman–Crippen LogP) is 6.45. The molecule has 3 rings (SSSR count). The first kappa shape index (κ1) is 23.5. The van der Waals surface area contributed by atoms with Gasteiger partial charge in [-0.15, -0.1) is 0 Å². The average molecular weight is 495 g/mol. The molecule has 166 valence electrons. The molecule has 0 saturated carbocycles. The van der Waals surface area contributed by atoms with Crippen molar-refractivity contribution >= 4 is 39.1 Å². The van der Waals surface area contributed by atoms with E-state index >= 15 is 0 Å². The van der Waals surface area contributed by atoms with Crippen molar-refractivity contribution in [2.24, 2.45) is 0 Å². The van der Waals surface area contributed by atoms with Gasteiger partial charge in [-0.2, -0.15) is 0 Å². The van der Waals surface area contributed by atoms with E-state index in [0.29, 0.717) is 42.1 Å². The van der Waals surface area contributed by atoms with Gasteiger partial charge in [0.05, 0.1) is 12.2 Å². The number of unbranched alkanes of at least 4 members (excludes halogenated alkanes) is 1. The van der Waals surface area contributed by atoms with Crippen LogP contribution in [0.2, 0.25) is 0 Å². The van der Waals surface area contributed by atoms with E-state index in [1.54, 1.807) is 36.4 Å². The lowest BCUT2D eigenvalue weighted by molar-refractivity contribution is -0.116.